The minimum Gasteiger partial charge on any atom is -0.338 e. The number of piperidine rings is 1. The lowest BCUT2D eigenvalue weighted by molar-refractivity contribution is 0.224. The molecule has 2 N–H and O–H groups in total. The molecule has 0 unspecified atom stereocenters. The Morgan fingerprint density at radius 2 is 1.74 bits per heavy atom. The van der Waals surface area contributed by atoms with Crippen molar-refractivity contribution in [2.24, 2.45) is 0 Å². The molecule has 0 aliphatic carbocycles. The standard InChI is InChI=1S/C21H25F2N3O/c22-17-7-10-19(20(23)15-17)16-5-8-18(9-6-16)25-21(27)24-11-4-14-26-12-2-1-3-13-26/h5-10,15H,1-4,11-14H2,(H2,24,25,27). The summed E-state index contributed by atoms with van der Waals surface area (Å²) in [4.78, 5) is 14.4. The number of carbonyl (C=O) groups excluding carboxylic acids is 1. The van der Waals surface area contributed by atoms with Crippen LogP contribution >= 0.6 is 0 Å². The Bertz CT molecular complexity index is 759. The molecule has 2 aromatic carbocycles. The van der Waals surface area contributed by atoms with Crippen LogP contribution in [0.3, 0.4) is 0 Å². The van der Waals surface area contributed by atoms with E-state index in [9.17, 15) is 13.6 Å². The highest BCUT2D eigenvalue weighted by Crippen LogP contribution is 2.24. The van der Waals surface area contributed by atoms with Crippen LogP contribution in [0.15, 0.2) is 42.5 Å². The highest BCUT2D eigenvalue weighted by molar-refractivity contribution is 5.89. The molecule has 1 aliphatic rings. The van der Waals surface area contributed by atoms with Gasteiger partial charge in [0.25, 0.3) is 0 Å². The van der Waals surface area contributed by atoms with Crippen molar-refractivity contribution in [2.75, 3.05) is 31.5 Å². The van der Waals surface area contributed by atoms with Crippen LogP contribution in [0.1, 0.15) is 25.7 Å². The van der Waals surface area contributed by atoms with Gasteiger partial charge in [-0.25, -0.2) is 13.6 Å². The summed E-state index contributed by atoms with van der Waals surface area (Å²) < 4.78 is 26.8. The summed E-state index contributed by atoms with van der Waals surface area (Å²) in [7, 11) is 0. The minimum atomic E-state index is -0.609. The molecule has 0 spiro atoms. The topological polar surface area (TPSA) is 44.4 Å². The maximum Gasteiger partial charge on any atom is 0.319 e. The van der Waals surface area contributed by atoms with Gasteiger partial charge < -0.3 is 15.5 Å². The van der Waals surface area contributed by atoms with Gasteiger partial charge >= 0.3 is 6.03 Å². The van der Waals surface area contributed by atoms with Gasteiger partial charge in [-0.2, -0.15) is 0 Å². The second-order valence-corrected chi connectivity index (χ2v) is 6.84. The SMILES string of the molecule is O=C(NCCCN1CCCCC1)Nc1ccc(-c2ccc(F)cc2F)cc1. The molecule has 1 aliphatic heterocycles. The van der Waals surface area contributed by atoms with Crippen LogP contribution in [0.5, 0.6) is 0 Å². The first-order chi connectivity index (χ1) is 13.1. The second kappa shape index (κ2) is 9.46. The molecule has 0 aromatic heterocycles. The zero-order chi connectivity index (χ0) is 19.1. The largest absolute Gasteiger partial charge is 0.338 e. The molecule has 2 aromatic rings. The van der Waals surface area contributed by atoms with Crippen molar-refractivity contribution < 1.29 is 13.6 Å². The van der Waals surface area contributed by atoms with Gasteiger partial charge in [-0.1, -0.05) is 18.6 Å². The van der Waals surface area contributed by atoms with E-state index in [-0.39, 0.29) is 6.03 Å². The van der Waals surface area contributed by atoms with Gasteiger partial charge in [0.1, 0.15) is 11.6 Å². The van der Waals surface area contributed by atoms with Crippen molar-refractivity contribution in [1.29, 1.82) is 0 Å². The molecule has 4 nitrogen and oxygen atoms in total. The van der Waals surface area contributed by atoms with Crippen LogP contribution in [0.4, 0.5) is 19.3 Å². The van der Waals surface area contributed by atoms with Gasteiger partial charge in [0.2, 0.25) is 0 Å². The summed E-state index contributed by atoms with van der Waals surface area (Å²) in [5.41, 5.74) is 1.57. The van der Waals surface area contributed by atoms with Crippen molar-refractivity contribution in [3.8, 4) is 11.1 Å². The molecular weight excluding hydrogens is 348 g/mol. The molecule has 0 bridgehead atoms. The third-order valence-electron chi connectivity index (χ3n) is 4.77. The predicted octanol–water partition coefficient (Wildman–Crippen LogP) is 4.63. The van der Waals surface area contributed by atoms with Crippen molar-refractivity contribution in [3.05, 3.63) is 54.1 Å². The Balaban J connectivity index is 1.44. The van der Waals surface area contributed by atoms with Crippen LogP contribution in [0.2, 0.25) is 0 Å². The van der Waals surface area contributed by atoms with E-state index in [1.807, 2.05) is 0 Å². The van der Waals surface area contributed by atoms with E-state index >= 15 is 0 Å². The number of nitrogens with zero attached hydrogens (tertiary/aromatic N) is 1. The molecule has 0 radical (unpaired) electrons. The number of anilines is 1. The molecule has 2 amide bonds. The zero-order valence-electron chi connectivity index (χ0n) is 15.3. The maximum absolute atomic E-state index is 13.8. The van der Waals surface area contributed by atoms with Crippen LogP contribution < -0.4 is 10.6 Å². The first-order valence-electron chi connectivity index (χ1n) is 9.44. The summed E-state index contributed by atoms with van der Waals surface area (Å²) in [6.07, 6.45) is 4.79. The summed E-state index contributed by atoms with van der Waals surface area (Å²) in [6, 6.07) is 10.0. The van der Waals surface area contributed by atoms with Crippen molar-refractivity contribution in [2.45, 2.75) is 25.7 Å². The highest BCUT2D eigenvalue weighted by Gasteiger charge is 2.10. The molecule has 27 heavy (non-hydrogen) atoms. The van der Waals surface area contributed by atoms with Gasteiger partial charge in [0.15, 0.2) is 0 Å². The first kappa shape index (κ1) is 19.3. The van der Waals surface area contributed by atoms with Crippen molar-refractivity contribution in [3.63, 3.8) is 0 Å². The molecular formula is C21H25F2N3O. The number of hydrogen-bond acceptors (Lipinski definition) is 2. The monoisotopic (exact) mass is 373 g/mol. The number of benzene rings is 2. The summed E-state index contributed by atoms with van der Waals surface area (Å²) in [5.74, 6) is -1.21. The molecule has 1 saturated heterocycles. The number of urea groups is 1. The van der Waals surface area contributed by atoms with E-state index in [0.29, 0.717) is 23.4 Å². The third kappa shape index (κ3) is 5.76. The number of hydrogen-bond donors (Lipinski definition) is 2. The van der Waals surface area contributed by atoms with Gasteiger partial charge in [-0.05, 0) is 68.7 Å². The number of amides is 2. The fraction of sp³-hybridized carbons (Fsp3) is 0.381. The minimum absolute atomic E-state index is 0.255. The quantitative estimate of drug-likeness (QED) is 0.725. The molecule has 0 saturated carbocycles. The van der Waals surface area contributed by atoms with E-state index in [4.69, 9.17) is 0 Å². The van der Waals surface area contributed by atoms with Gasteiger partial charge in [0.05, 0.1) is 0 Å². The Labute approximate surface area is 158 Å². The van der Waals surface area contributed by atoms with Gasteiger partial charge in [-0.15, -0.1) is 0 Å². The average Bonchev–Trinajstić information content (AvgIpc) is 2.67. The zero-order valence-corrected chi connectivity index (χ0v) is 15.3. The van der Waals surface area contributed by atoms with E-state index < -0.39 is 11.6 Å². The van der Waals surface area contributed by atoms with E-state index in [1.165, 1.54) is 31.4 Å². The Morgan fingerprint density at radius 3 is 2.44 bits per heavy atom. The number of nitrogens with one attached hydrogen (secondary N) is 2. The summed E-state index contributed by atoms with van der Waals surface area (Å²) in [5, 5.41) is 5.62. The molecule has 1 fully saturated rings. The summed E-state index contributed by atoms with van der Waals surface area (Å²) in [6.45, 7) is 3.96. The number of halogens is 2. The molecule has 6 heteroatoms. The second-order valence-electron chi connectivity index (χ2n) is 6.84. The highest BCUT2D eigenvalue weighted by atomic mass is 19.1. The predicted molar refractivity (Wildman–Crippen MR) is 104 cm³/mol. The number of likely N-dealkylation sites (tertiary alicyclic amines) is 1. The lowest BCUT2D eigenvalue weighted by atomic mass is 10.0. The van der Waals surface area contributed by atoms with E-state index in [2.05, 4.69) is 15.5 Å². The lowest BCUT2D eigenvalue weighted by Gasteiger charge is -2.26. The lowest BCUT2D eigenvalue weighted by Crippen LogP contribution is -2.34. The van der Waals surface area contributed by atoms with Crippen molar-refractivity contribution in [1.82, 2.24) is 10.2 Å². The summed E-state index contributed by atoms with van der Waals surface area (Å²) >= 11 is 0. The van der Waals surface area contributed by atoms with Gasteiger partial charge in [-0.3, -0.25) is 0 Å². The van der Waals surface area contributed by atoms with Crippen LogP contribution in [0, 0.1) is 11.6 Å². The Hall–Kier alpha value is -2.47. The fourth-order valence-electron chi connectivity index (χ4n) is 3.32. The normalized spacial score (nSPS) is 14.7. The molecule has 0 atom stereocenters. The van der Waals surface area contributed by atoms with Crippen LogP contribution in [-0.2, 0) is 0 Å². The maximum atomic E-state index is 13.8. The Morgan fingerprint density at radius 1 is 1.00 bits per heavy atom. The molecule has 1 heterocycles. The third-order valence-corrected chi connectivity index (χ3v) is 4.77. The van der Waals surface area contributed by atoms with Crippen LogP contribution in [0.25, 0.3) is 11.1 Å². The van der Waals surface area contributed by atoms with Crippen LogP contribution in [-0.4, -0.2) is 37.1 Å². The van der Waals surface area contributed by atoms with Crippen molar-refractivity contribution >= 4 is 11.7 Å². The molecule has 144 valence electrons. The van der Waals surface area contributed by atoms with E-state index in [0.717, 1.165) is 32.1 Å². The van der Waals surface area contributed by atoms with Gasteiger partial charge in [0, 0.05) is 23.9 Å². The molecule has 3 rings (SSSR count). The smallest absolute Gasteiger partial charge is 0.319 e. The average molecular weight is 373 g/mol. The number of rotatable bonds is 6. The fourth-order valence-corrected chi connectivity index (χ4v) is 3.32. The Kier molecular flexibility index (Phi) is 6.76. The first-order valence-corrected chi connectivity index (χ1v) is 9.44. The van der Waals surface area contributed by atoms with E-state index in [1.54, 1.807) is 24.3 Å². The number of carbonyl (C=O) groups is 1.